The van der Waals surface area contributed by atoms with Crippen molar-refractivity contribution in [1.82, 2.24) is 15.1 Å². The van der Waals surface area contributed by atoms with Crippen LogP contribution in [0.5, 0.6) is 0 Å². The van der Waals surface area contributed by atoms with Gasteiger partial charge in [-0.25, -0.2) is 9.48 Å². The fraction of sp³-hybridized carbons (Fsp3) is 0.289. The van der Waals surface area contributed by atoms with Gasteiger partial charge in [-0.1, -0.05) is 80.4 Å². The highest BCUT2D eigenvalue weighted by atomic mass is 35.5. The van der Waals surface area contributed by atoms with E-state index in [1.807, 2.05) is 97.2 Å². The van der Waals surface area contributed by atoms with Gasteiger partial charge in [-0.2, -0.15) is 5.10 Å². The van der Waals surface area contributed by atoms with Crippen molar-refractivity contribution in [1.29, 1.82) is 0 Å². The molecule has 5 aromatic rings. The Bertz CT molecular complexity index is 1870. The van der Waals surface area contributed by atoms with E-state index in [0.29, 0.717) is 21.4 Å². The van der Waals surface area contributed by atoms with E-state index >= 15 is 0 Å². The van der Waals surface area contributed by atoms with Crippen molar-refractivity contribution in [3.8, 4) is 16.8 Å². The summed E-state index contributed by atoms with van der Waals surface area (Å²) in [5.41, 5.74) is 6.09. The Balaban J connectivity index is 1.30. The Hall–Kier alpha value is -4.24. The fourth-order valence-corrected chi connectivity index (χ4v) is 7.09. The first-order chi connectivity index (χ1) is 22.6. The van der Waals surface area contributed by atoms with E-state index < -0.39 is 11.9 Å². The number of aryl methyl sites for hydroxylation is 1. The van der Waals surface area contributed by atoms with Crippen LogP contribution in [0.15, 0.2) is 90.3 Å². The Labute approximate surface area is 285 Å². The molecule has 2 amide bonds. The number of urea groups is 1. The van der Waals surface area contributed by atoms with Crippen molar-refractivity contribution >= 4 is 46.3 Å². The Kier molecular flexibility index (Phi) is 9.64. The predicted octanol–water partition coefficient (Wildman–Crippen LogP) is 9.47. The number of aromatic nitrogens is 2. The molecule has 6 rings (SSSR count). The minimum Gasteiger partial charge on any atom is -0.317 e. The molecular weight excluding hydrogens is 626 g/mol. The molecule has 0 radical (unpaired) electrons. The summed E-state index contributed by atoms with van der Waals surface area (Å²) in [5.74, 6) is 0.362. The summed E-state index contributed by atoms with van der Waals surface area (Å²) in [6.45, 7) is 10.0. The minimum absolute atomic E-state index is 0.0732. The molecule has 7 nitrogen and oxygen atoms in total. The Morgan fingerprint density at radius 2 is 1.64 bits per heavy atom. The van der Waals surface area contributed by atoms with Crippen molar-refractivity contribution in [2.75, 3.05) is 23.7 Å². The first-order valence-electron chi connectivity index (χ1n) is 16.0. The average Bonchev–Trinajstić information content (AvgIpc) is 3.72. The number of halogens is 1. The molecule has 3 heterocycles. The Morgan fingerprint density at radius 3 is 2.34 bits per heavy atom. The number of carbonyl (C=O) groups excluding carboxylic acids is 2. The molecular formula is C38H40ClN5O2S. The number of Topliss-reactive ketones (excluding diaryl/α,β-unsaturated/α-hetero) is 1. The molecule has 1 aliphatic heterocycles. The number of anilines is 2. The molecule has 3 N–H and O–H groups in total. The van der Waals surface area contributed by atoms with E-state index in [2.05, 4.69) is 36.7 Å². The number of carbonyl (C=O) groups is 2. The van der Waals surface area contributed by atoms with Crippen LogP contribution in [0.2, 0.25) is 5.02 Å². The van der Waals surface area contributed by atoms with Gasteiger partial charge in [0.1, 0.15) is 5.82 Å². The largest absolute Gasteiger partial charge is 0.324 e. The monoisotopic (exact) mass is 665 g/mol. The molecule has 9 heteroatoms. The van der Waals surface area contributed by atoms with Crippen molar-refractivity contribution in [3.05, 3.63) is 117 Å². The molecule has 1 fully saturated rings. The van der Waals surface area contributed by atoms with Crippen molar-refractivity contribution < 1.29 is 9.59 Å². The van der Waals surface area contributed by atoms with Crippen LogP contribution in [-0.4, -0.2) is 34.7 Å². The fourth-order valence-electron chi connectivity index (χ4n) is 6.07. The third kappa shape index (κ3) is 7.51. The maximum absolute atomic E-state index is 14.4. The summed E-state index contributed by atoms with van der Waals surface area (Å²) in [6.07, 6.45) is 1.75. The second-order valence-corrected chi connectivity index (χ2v) is 14.6. The van der Waals surface area contributed by atoms with E-state index in [0.717, 1.165) is 59.6 Å². The average molecular weight is 666 g/mol. The van der Waals surface area contributed by atoms with E-state index in [1.54, 1.807) is 4.68 Å². The van der Waals surface area contributed by atoms with Gasteiger partial charge in [0.25, 0.3) is 0 Å². The smallest absolute Gasteiger partial charge is 0.317 e. The lowest BCUT2D eigenvalue weighted by molar-refractivity contribution is 0.0920. The van der Waals surface area contributed by atoms with Crippen LogP contribution in [0.25, 0.3) is 16.8 Å². The molecule has 1 atom stereocenters. The van der Waals surface area contributed by atoms with Crippen LogP contribution in [0.3, 0.4) is 0 Å². The lowest BCUT2D eigenvalue weighted by atomic mass is 9.77. The van der Waals surface area contributed by atoms with Gasteiger partial charge in [0, 0.05) is 22.2 Å². The van der Waals surface area contributed by atoms with Gasteiger partial charge >= 0.3 is 6.03 Å². The Morgan fingerprint density at radius 1 is 0.936 bits per heavy atom. The summed E-state index contributed by atoms with van der Waals surface area (Å²) < 4.78 is 1.77. The quantitative estimate of drug-likeness (QED) is 0.144. The molecule has 0 aliphatic carbocycles. The lowest BCUT2D eigenvalue weighted by Gasteiger charge is -2.31. The third-order valence-corrected chi connectivity index (χ3v) is 9.90. The summed E-state index contributed by atoms with van der Waals surface area (Å²) in [5, 5.41) is 17.1. The summed E-state index contributed by atoms with van der Waals surface area (Å²) in [4.78, 5) is 28.8. The zero-order valence-electron chi connectivity index (χ0n) is 27.1. The van der Waals surface area contributed by atoms with Crippen molar-refractivity contribution in [2.24, 2.45) is 5.92 Å². The molecule has 1 saturated heterocycles. The van der Waals surface area contributed by atoms with Crippen molar-refractivity contribution in [3.63, 3.8) is 0 Å². The molecule has 1 aliphatic rings. The van der Waals surface area contributed by atoms with E-state index in [4.69, 9.17) is 16.7 Å². The molecule has 47 heavy (non-hydrogen) atoms. The van der Waals surface area contributed by atoms with Gasteiger partial charge in [-0.3, -0.25) is 10.1 Å². The second kappa shape index (κ2) is 13.9. The molecule has 3 aromatic carbocycles. The first kappa shape index (κ1) is 32.7. The molecule has 2 aromatic heterocycles. The zero-order chi connectivity index (χ0) is 33.1. The highest BCUT2D eigenvalue weighted by molar-refractivity contribution is 7.12. The number of hydrogen-bond donors (Lipinski definition) is 3. The molecule has 1 unspecified atom stereocenters. The van der Waals surface area contributed by atoms with Crippen molar-refractivity contribution in [2.45, 2.75) is 51.9 Å². The topological polar surface area (TPSA) is 88.1 Å². The standard InChI is InChI=1S/C38H40ClN5O2S/c1-24-9-15-29(16-10-24)44-34(22-33(43-44)38(2,3)4)42-37(46)41-31-8-6-5-7-30(31)35(26-17-19-40-20-18-26)36(45)32-21-27(23-47-32)25-11-13-28(39)14-12-25/h5-16,21-23,26,35,40H,17-20H2,1-4H3,(H2,41,42,46). The first-order valence-corrected chi connectivity index (χ1v) is 17.3. The van der Waals surface area contributed by atoms with Crippen LogP contribution >= 0.6 is 22.9 Å². The molecule has 0 saturated carbocycles. The third-order valence-electron chi connectivity index (χ3n) is 8.70. The predicted molar refractivity (Wildman–Crippen MR) is 194 cm³/mol. The summed E-state index contributed by atoms with van der Waals surface area (Å²) in [6, 6.07) is 26.9. The number of thiophene rings is 1. The maximum atomic E-state index is 14.4. The van der Waals surface area contributed by atoms with Crippen LogP contribution < -0.4 is 16.0 Å². The number of piperidine rings is 1. The maximum Gasteiger partial charge on any atom is 0.324 e. The summed E-state index contributed by atoms with van der Waals surface area (Å²) in [7, 11) is 0. The van der Waals surface area contributed by atoms with Crippen LogP contribution in [0.4, 0.5) is 16.3 Å². The number of amides is 2. The molecule has 0 bridgehead atoms. The molecule has 0 spiro atoms. The number of nitrogens with one attached hydrogen (secondary N) is 3. The highest BCUT2D eigenvalue weighted by Gasteiger charge is 2.34. The van der Waals surface area contributed by atoms with Gasteiger partial charge in [-0.05, 0) is 97.2 Å². The highest BCUT2D eigenvalue weighted by Crippen LogP contribution is 2.40. The lowest BCUT2D eigenvalue weighted by Crippen LogP contribution is -2.34. The summed E-state index contributed by atoms with van der Waals surface area (Å²) >= 11 is 7.57. The van der Waals surface area contributed by atoms with Crippen LogP contribution in [0.1, 0.15) is 66.0 Å². The van der Waals surface area contributed by atoms with Gasteiger partial charge in [0.2, 0.25) is 0 Å². The van der Waals surface area contributed by atoms with Gasteiger partial charge < -0.3 is 10.6 Å². The molecule has 242 valence electrons. The van der Waals surface area contributed by atoms with E-state index in [-0.39, 0.29) is 17.1 Å². The van der Waals surface area contributed by atoms with Gasteiger partial charge in [0.05, 0.1) is 22.2 Å². The number of hydrogen-bond acceptors (Lipinski definition) is 5. The number of ketones is 1. The SMILES string of the molecule is Cc1ccc(-n2nc(C(C)(C)C)cc2NC(=O)Nc2ccccc2C(C(=O)c2cc(-c3ccc(Cl)cc3)cs2)C2CCNCC2)cc1. The van der Waals surface area contributed by atoms with E-state index in [1.165, 1.54) is 11.3 Å². The van der Waals surface area contributed by atoms with Gasteiger partial charge in [0.15, 0.2) is 5.78 Å². The number of nitrogens with zero attached hydrogens (tertiary/aromatic N) is 2. The van der Waals surface area contributed by atoms with Crippen LogP contribution in [-0.2, 0) is 5.41 Å². The second-order valence-electron chi connectivity index (χ2n) is 13.2. The van der Waals surface area contributed by atoms with Crippen LogP contribution in [0, 0.1) is 12.8 Å². The zero-order valence-corrected chi connectivity index (χ0v) is 28.7. The van der Waals surface area contributed by atoms with Gasteiger partial charge in [-0.15, -0.1) is 11.3 Å². The van der Waals surface area contributed by atoms with E-state index in [9.17, 15) is 9.59 Å². The number of benzene rings is 3. The number of rotatable bonds is 8. The normalized spacial score (nSPS) is 14.5. The number of para-hydroxylation sites is 1. The minimum atomic E-state index is -0.407.